The number of thiophene rings is 1. The molecule has 1 atom stereocenters. The van der Waals surface area contributed by atoms with Crippen LogP contribution in [0.5, 0.6) is 0 Å². The number of aromatic nitrogens is 2. The Bertz CT molecular complexity index is 1000. The molecule has 3 aromatic heterocycles. The van der Waals surface area contributed by atoms with Crippen molar-refractivity contribution in [3.05, 3.63) is 77.4 Å². The number of carbonyl (C=O) groups is 1. The second kappa shape index (κ2) is 6.06. The first kappa shape index (κ1) is 14.8. The molecule has 0 radical (unpaired) electrons. The number of nitrogens with one attached hydrogen (secondary N) is 1. The van der Waals surface area contributed by atoms with E-state index in [-0.39, 0.29) is 11.7 Å². The number of ketones is 1. The normalized spacial score (nSPS) is 12.4. The van der Waals surface area contributed by atoms with Gasteiger partial charge in [-0.2, -0.15) is 0 Å². The second-order valence-electron chi connectivity index (χ2n) is 5.75. The molecule has 1 N–H and O–H groups in total. The fourth-order valence-corrected chi connectivity index (χ4v) is 4.02. The van der Waals surface area contributed by atoms with Crippen LogP contribution >= 0.6 is 11.3 Å². The quantitative estimate of drug-likeness (QED) is 0.571. The Kier molecular flexibility index (Phi) is 3.75. The molecule has 0 amide bonds. The zero-order valence-corrected chi connectivity index (χ0v) is 14.0. The Balaban J connectivity index is 1.96. The van der Waals surface area contributed by atoms with Gasteiger partial charge in [-0.05, 0) is 47.2 Å². The van der Waals surface area contributed by atoms with Gasteiger partial charge < -0.3 is 4.98 Å². The van der Waals surface area contributed by atoms with Crippen molar-refractivity contribution in [3.63, 3.8) is 0 Å². The molecular formula is C20H16N2OS. The molecular weight excluding hydrogens is 316 g/mol. The van der Waals surface area contributed by atoms with Gasteiger partial charge >= 0.3 is 0 Å². The molecule has 4 heteroatoms. The van der Waals surface area contributed by atoms with E-state index in [0.29, 0.717) is 0 Å². The molecule has 0 aliphatic carbocycles. The van der Waals surface area contributed by atoms with Crippen LogP contribution < -0.4 is 0 Å². The highest BCUT2D eigenvalue weighted by Crippen LogP contribution is 2.37. The van der Waals surface area contributed by atoms with Crippen molar-refractivity contribution in [1.82, 2.24) is 9.97 Å². The number of hydrogen-bond acceptors (Lipinski definition) is 3. The van der Waals surface area contributed by atoms with Gasteiger partial charge in [0.15, 0.2) is 0 Å². The summed E-state index contributed by atoms with van der Waals surface area (Å²) in [5.74, 6) is -0.169. The number of aromatic amines is 1. The minimum atomic E-state index is -0.301. The molecule has 118 valence electrons. The first-order valence-corrected chi connectivity index (χ1v) is 8.69. The van der Waals surface area contributed by atoms with Gasteiger partial charge in [0.05, 0.1) is 5.92 Å². The Morgan fingerprint density at radius 2 is 1.96 bits per heavy atom. The number of fused-ring (bicyclic) bond motifs is 1. The third-order valence-corrected chi connectivity index (χ3v) is 5.17. The number of rotatable bonds is 4. The van der Waals surface area contributed by atoms with E-state index in [1.54, 1.807) is 24.5 Å². The maximum Gasteiger partial charge on any atom is 0.141 e. The van der Waals surface area contributed by atoms with E-state index in [1.165, 1.54) is 4.88 Å². The van der Waals surface area contributed by atoms with Crippen molar-refractivity contribution >= 4 is 28.2 Å². The molecule has 0 spiro atoms. The first-order chi connectivity index (χ1) is 11.8. The van der Waals surface area contributed by atoms with E-state index in [4.69, 9.17) is 0 Å². The molecule has 0 bridgehead atoms. The van der Waals surface area contributed by atoms with Crippen LogP contribution in [-0.2, 0) is 4.79 Å². The zero-order valence-electron chi connectivity index (χ0n) is 13.2. The summed E-state index contributed by atoms with van der Waals surface area (Å²) < 4.78 is 0. The van der Waals surface area contributed by atoms with Crippen LogP contribution in [0, 0.1) is 0 Å². The molecule has 1 aromatic carbocycles. The zero-order chi connectivity index (χ0) is 16.5. The standard InChI is InChI=1S/C20H16N2OS/c1-13(23)19(16-8-10-21-20-17(16)9-11-22-20)15-6-3-2-5-14(15)18-7-4-12-24-18/h2-12,19H,1H3,(H,21,22). The summed E-state index contributed by atoms with van der Waals surface area (Å²) in [6.07, 6.45) is 3.63. The number of H-pyrrole nitrogens is 1. The molecule has 0 saturated carbocycles. The number of hydrogen-bond donors (Lipinski definition) is 1. The number of pyridine rings is 1. The van der Waals surface area contributed by atoms with Gasteiger partial charge in [0, 0.05) is 22.7 Å². The van der Waals surface area contributed by atoms with Crippen LogP contribution in [-0.4, -0.2) is 15.8 Å². The lowest BCUT2D eigenvalue weighted by Gasteiger charge is -2.19. The van der Waals surface area contributed by atoms with E-state index in [1.807, 2.05) is 36.5 Å². The predicted octanol–water partition coefficient (Wildman–Crippen LogP) is 5.01. The molecule has 0 fully saturated rings. The van der Waals surface area contributed by atoms with Crippen molar-refractivity contribution in [3.8, 4) is 10.4 Å². The van der Waals surface area contributed by atoms with E-state index in [0.717, 1.165) is 27.7 Å². The van der Waals surface area contributed by atoms with Gasteiger partial charge in [-0.15, -0.1) is 11.3 Å². The summed E-state index contributed by atoms with van der Waals surface area (Å²) in [7, 11) is 0. The van der Waals surface area contributed by atoms with E-state index in [9.17, 15) is 4.79 Å². The van der Waals surface area contributed by atoms with E-state index in [2.05, 4.69) is 33.5 Å². The van der Waals surface area contributed by atoms with Gasteiger partial charge in [0.2, 0.25) is 0 Å². The van der Waals surface area contributed by atoms with Crippen molar-refractivity contribution in [2.24, 2.45) is 0 Å². The number of benzene rings is 1. The van der Waals surface area contributed by atoms with Crippen molar-refractivity contribution < 1.29 is 4.79 Å². The van der Waals surface area contributed by atoms with Crippen LogP contribution in [0.15, 0.2) is 66.3 Å². The lowest BCUT2D eigenvalue weighted by molar-refractivity contribution is -0.117. The lowest BCUT2D eigenvalue weighted by atomic mass is 9.84. The molecule has 0 saturated heterocycles. The van der Waals surface area contributed by atoms with E-state index >= 15 is 0 Å². The predicted molar refractivity (Wildman–Crippen MR) is 98.4 cm³/mol. The van der Waals surface area contributed by atoms with Gasteiger partial charge in [-0.3, -0.25) is 4.79 Å². The largest absolute Gasteiger partial charge is 0.346 e. The molecule has 24 heavy (non-hydrogen) atoms. The Morgan fingerprint density at radius 3 is 2.75 bits per heavy atom. The van der Waals surface area contributed by atoms with Crippen LogP contribution in [0.1, 0.15) is 24.0 Å². The summed E-state index contributed by atoms with van der Waals surface area (Å²) in [4.78, 5) is 21.3. The monoisotopic (exact) mass is 332 g/mol. The van der Waals surface area contributed by atoms with Crippen molar-refractivity contribution in [2.75, 3.05) is 0 Å². The third kappa shape index (κ3) is 2.45. The van der Waals surface area contributed by atoms with Gasteiger partial charge in [-0.25, -0.2) is 4.98 Å². The smallest absolute Gasteiger partial charge is 0.141 e. The molecule has 4 rings (SSSR count). The highest BCUT2D eigenvalue weighted by atomic mass is 32.1. The number of carbonyl (C=O) groups excluding carboxylic acids is 1. The molecule has 0 aliphatic heterocycles. The summed E-state index contributed by atoms with van der Waals surface area (Å²) in [5, 5.41) is 3.06. The fraction of sp³-hybridized carbons (Fsp3) is 0.100. The fourth-order valence-electron chi connectivity index (χ4n) is 3.24. The van der Waals surface area contributed by atoms with Gasteiger partial charge in [0.1, 0.15) is 11.4 Å². The van der Waals surface area contributed by atoms with Crippen LogP contribution in [0.3, 0.4) is 0 Å². The molecule has 3 heterocycles. The summed E-state index contributed by atoms with van der Waals surface area (Å²) in [5.41, 5.74) is 3.97. The maximum absolute atomic E-state index is 12.6. The topological polar surface area (TPSA) is 45.8 Å². The minimum Gasteiger partial charge on any atom is -0.346 e. The second-order valence-corrected chi connectivity index (χ2v) is 6.70. The number of Topliss-reactive ketones (excluding diaryl/α,β-unsaturated/α-hetero) is 1. The maximum atomic E-state index is 12.6. The molecule has 3 nitrogen and oxygen atoms in total. The highest BCUT2D eigenvalue weighted by Gasteiger charge is 2.24. The average Bonchev–Trinajstić information content (AvgIpc) is 3.27. The minimum absolute atomic E-state index is 0.132. The SMILES string of the molecule is CC(=O)C(c1ccccc1-c1cccs1)c1ccnc2[nH]ccc12. The molecule has 4 aromatic rings. The van der Waals surface area contributed by atoms with Crippen molar-refractivity contribution in [1.29, 1.82) is 0 Å². The summed E-state index contributed by atoms with van der Waals surface area (Å²) in [6, 6.07) is 16.2. The van der Waals surface area contributed by atoms with Gasteiger partial charge in [-0.1, -0.05) is 30.3 Å². The average molecular weight is 332 g/mol. The van der Waals surface area contributed by atoms with Gasteiger partial charge in [0.25, 0.3) is 0 Å². The Hall–Kier alpha value is -2.72. The number of nitrogens with zero attached hydrogens (tertiary/aromatic N) is 1. The Labute approximate surface area is 144 Å². The molecule has 0 aliphatic rings. The lowest BCUT2D eigenvalue weighted by Crippen LogP contribution is -2.12. The van der Waals surface area contributed by atoms with E-state index < -0.39 is 0 Å². The first-order valence-electron chi connectivity index (χ1n) is 7.81. The Morgan fingerprint density at radius 1 is 1.08 bits per heavy atom. The third-order valence-electron chi connectivity index (χ3n) is 4.27. The van der Waals surface area contributed by atoms with Crippen molar-refractivity contribution in [2.45, 2.75) is 12.8 Å². The highest BCUT2D eigenvalue weighted by molar-refractivity contribution is 7.13. The van der Waals surface area contributed by atoms with Crippen LogP contribution in [0.2, 0.25) is 0 Å². The summed E-state index contributed by atoms with van der Waals surface area (Å²) >= 11 is 1.69. The van der Waals surface area contributed by atoms with Crippen LogP contribution in [0.4, 0.5) is 0 Å². The summed E-state index contributed by atoms with van der Waals surface area (Å²) in [6.45, 7) is 1.66. The van der Waals surface area contributed by atoms with Crippen LogP contribution in [0.25, 0.3) is 21.5 Å². The molecule has 1 unspecified atom stereocenters.